The van der Waals surface area contributed by atoms with Gasteiger partial charge in [0.05, 0.1) is 17.4 Å². The Morgan fingerprint density at radius 2 is 1.93 bits per heavy atom. The molecule has 1 saturated heterocycles. The van der Waals surface area contributed by atoms with Crippen LogP contribution in [0.1, 0.15) is 46.1 Å². The van der Waals surface area contributed by atoms with E-state index in [2.05, 4.69) is 6.07 Å². The van der Waals surface area contributed by atoms with Crippen LogP contribution in [0.5, 0.6) is 5.75 Å². The van der Waals surface area contributed by atoms with Gasteiger partial charge in [0.2, 0.25) is 0 Å². The summed E-state index contributed by atoms with van der Waals surface area (Å²) in [4.78, 5) is 27.3. The first-order chi connectivity index (χ1) is 13.5. The standard InChI is InChI=1S/C22H27NO4S/c1-4-26-22(25)18-6-5-7-23(12-18)21(24)20-11-17(14-28-20)13-27-19-9-15(2)8-16(3)10-19/h8-11,14,18H,4-7,12-13H2,1-3H3. The SMILES string of the molecule is CCOC(=O)C1CCCN(C(=O)c2cc(COc3cc(C)cc(C)c3)cs2)C1. The third kappa shape index (κ3) is 5.13. The number of nitrogens with zero attached hydrogens (tertiary/aromatic N) is 1. The predicted octanol–water partition coefficient (Wildman–Crippen LogP) is 4.36. The summed E-state index contributed by atoms with van der Waals surface area (Å²) < 4.78 is 11.0. The molecule has 0 saturated carbocycles. The first-order valence-electron chi connectivity index (χ1n) is 9.70. The van der Waals surface area contributed by atoms with Crippen molar-refractivity contribution in [2.24, 2.45) is 5.92 Å². The van der Waals surface area contributed by atoms with Gasteiger partial charge in [0.25, 0.3) is 5.91 Å². The largest absolute Gasteiger partial charge is 0.489 e. The second kappa shape index (κ2) is 9.24. The second-order valence-electron chi connectivity index (χ2n) is 7.27. The van der Waals surface area contributed by atoms with Crippen molar-refractivity contribution in [2.45, 2.75) is 40.2 Å². The number of ether oxygens (including phenoxy) is 2. The van der Waals surface area contributed by atoms with Gasteiger partial charge in [-0.25, -0.2) is 0 Å². The molecule has 2 heterocycles. The lowest BCUT2D eigenvalue weighted by atomic mass is 9.98. The first kappa shape index (κ1) is 20.4. The summed E-state index contributed by atoms with van der Waals surface area (Å²) in [6.07, 6.45) is 1.60. The van der Waals surface area contributed by atoms with Crippen molar-refractivity contribution in [3.63, 3.8) is 0 Å². The molecule has 0 bridgehead atoms. The normalized spacial score (nSPS) is 16.7. The van der Waals surface area contributed by atoms with Crippen LogP contribution in [0.25, 0.3) is 0 Å². The molecule has 0 radical (unpaired) electrons. The quantitative estimate of drug-likeness (QED) is 0.675. The number of hydrogen-bond acceptors (Lipinski definition) is 5. The number of carbonyl (C=O) groups excluding carboxylic acids is 2. The molecule has 1 aromatic carbocycles. The summed E-state index contributed by atoms with van der Waals surface area (Å²) in [6, 6.07) is 8.02. The highest BCUT2D eigenvalue weighted by Gasteiger charge is 2.30. The Bertz CT molecular complexity index is 825. The number of thiophene rings is 1. The Labute approximate surface area is 170 Å². The molecule has 150 valence electrons. The van der Waals surface area contributed by atoms with Crippen LogP contribution in [0.2, 0.25) is 0 Å². The lowest BCUT2D eigenvalue weighted by Gasteiger charge is -2.31. The molecule has 6 heteroatoms. The number of likely N-dealkylation sites (tertiary alicyclic amines) is 1. The van der Waals surface area contributed by atoms with Crippen LogP contribution in [-0.4, -0.2) is 36.5 Å². The van der Waals surface area contributed by atoms with Crippen LogP contribution in [0, 0.1) is 19.8 Å². The number of esters is 1. The highest BCUT2D eigenvalue weighted by molar-refractivity contribution is 7.12. The van der Waals surface area contributed by atoms with Gasteiger partial charge in [-0.05, 0) is 68.3 Å². The zero-order valence-corrected chi connectivity index (χ0v) is 17.5. The molecular weight excluding hydrogens is 374 g/mol. The molecule has 1 aliphatic rings. The van der Waals surface area contributed by atoms with Crippen molar-refractivity contribution in [1.29, 1.82) is 0 Å². The Morgan fingerprint density at radius 1 is 1.18 bits per heavy atom. The summed E-state index contributed by atoms with van der Waals surface area (Å²) in [7, 11) is 0. The summed E-state index contributed by atoms with van der Waals surface area (Å²) >= 11 is 1.43. The minimum atomic E-state index is -0.218. The lowest BCUT2D eigenvalue weighted by molar-refractivity contribution is -0.149. The number of piperidine rings is 1. The zero-order chi connectivity index (χ0) is 20.1. The van der Waals surface area contributed by atoms with Gasteiger partial charge in [0, 0.05) is 18.7 Å². The highest BCUT2D eigenvalue weighted by Crippen LogP contribution is 2.24. The Hall–Kier alpha value is -2.34. The molecule has 1 amide bonds. The molecule has 5 nitrogen and oxygen atoms in total. The molecular formula is C22H27NO4S. The van der Waals surface area contributed by atoms with Crippen molar-refractivity contribution in [3.8, 4) is 5.75 Å². The summed E-state index contributed by atoms with van der Waals surface area (Å²) in [5.74, 6) is 0.403. The molecule has 1 atom stereocenters. The molecule has 1 aliphatic heterocycles. The zero-order valence-electron chi connectivity index (χ0n) is 16.7. The molecule has 0 N–H and O–H groups in total. The number of amides is 1. The van der Waals surface area contributed by atoms with E-state index in [1.165, 1.54) is 11.3 Å². The van der Waals surface area contributed by atoms with E-state index >= 15 is 0 Å². The van der Waals surface area contributed by atoms with Gasteiger partial charge in [-0.2, -0.15) is 0 Å². The van der Waals surface area contributed by atoms with Gasteiger partial charge in [0.15, 0.2) is 0 Å². The number of aryl methyl sites for hydroxylation is 2. The maximum absolute atomic E-state index is 12.8. The van der Waals surface area contributed by atoms with Gasteiger partial charge in [-0.15, -0.1) is 11.3 Å². The van der Waals surface area contributed by atoms with E-state index in [1.807, 2.05) is 37.4 Å². The van der Waals surface area contributed by atoms with Crippen molar-refractivity contribution >= 4 is 23.2 Å². The maximum atomic E-state index is 12.8. The molecule has 2 aromatic rings. The topological polar surface area (TPSA) is 55.8 Å². The summed E-state index contributed by atoms with van der Waals surface area (Å²) in [5.41, 5.74) is 3.31. The van der Waals surface area contributed by atoms with Crippen LogP contribution in [0.4, 0.5) is 0 Å². The van der Waals surface area contributed by atoms with Crippen LogP contribution >= 0.6 is 11.3 Å². The van der Waals surface area contributed by atoms with E-state index in [0.717, 1.165) is 35.3 Å². The van der Waals surface area contributed by atoms with Gasteiger partial charge >= 0.3 is 5.97 Å². The Morgan fingerprint density at radius 3 is 2.64 bits per heavy atom. The van der Waals surface area contributed by atoms with Crippen molar-refractivity contribution in [3.05, 3.63) is 51.2 Å². The summed E-state index contributed by atoms with van der Waals surface area (Å²) in [5, 5.41) is 1.96. The fourth-order valence-electron chi connectivity index (χ4n) is 3.52. The van der Waals surface area contributed by atoms with Gasteiger partial charge in [-0.1, -0.05) is 6.07 Å². The van der Waals surface area contributed by atoms with E-state index in [1.54, 1.807) is 11.8 Å². The minimum Gasteiger partial charge on any atom is -0.489 e. The Balaban J connectivity index is 1.59. The summed E-state index contributed by atoms with van der Waals surface area (Å²) in [6.45, 7) is 7.81. The molecule has 3 rings (SSSR count). The molecule has 28 heavy (non-hydrogen) atoms. The average molecular weight is 402 g/mol. The van der Waals surface area contributed by atoms with E-state index in [-0.39, 0.29) is 17.8 Å². The van der Waals surface area contributed by atoms with Gasteiger partial charge in [-0.3, -0.25) is 9.59 Å². The maximum Gasteiger partial charge on any atom is 0.310 e. The third-order valence-electron chi connectivity index (χ3n) is 4.79. The number of hydrogen-bond donors (Lipinski definition) is 0. The fourth-order valence-corrected chi connectivity index (χ4v) is 4.38. The van der Waals surface area contributed by atoms with Gasteiger partial charge in [0.1, 0.15) is 12.4 Å². The van der Waals surface area contributed by atoms with Crippen LogP contribution in [-0.2, 0) is 16.1 Å². The molecule has 0 spiro atoms. The van der Waals surface area contributed by atoms with Crippen molar-refractivity contribution in [2.75, 3.05) is 19.7 Å². The van der Waals surface area contributed by atoms with E-state index in [9.17, 15) is 9.59 Å². The predicted molar refractivity (Wildman–Crippen MR) is 110 cm³/mol. The van der Waals surface area contributed by atoms with E-state index in [4.69, 9.17) is 9.47 Å². The average Bonchev–Trinajstić information content (AvgIpc) is 3.14. The smallest absolute Gasteiger partial charge is 0.310 e. The molecule has 1 fully saturated rings. The fraction of sp³-hybridized carbons (Fsp3) is 0.455. The van der Waals surface area contributed by atoms with E-state index in [0.29, 0.717) is 31.2 Å². The number of rotatable bonds is 6. The molecule has 1 aromatic heterocycles. The lowest BCUT2D eigenvalue weighted by Crippen LogP contribution is -2.42. The Kier molecular flexibility index (Phi) is 6.73. The highest BCUT2D eigenvalue weighted by atomic mass is 32.1. The second-order valence-corrected chi connectivity index (χ2v) is 8.18. The first-order valence-corrected chi connectivity index (χ1v) is 10.6. The monoisotopic (exact) mass is 401 g/mol. The van der Waals surface area contributed by atoms with E-state index < -0.39 is 0 Å². The minimum absolute atomic E-state index is 0.0170. The van der Waals surface area contributed by atoms with Crippen molar-refractivity contribution in [1.82, 2.24) is 4.90 Å². The molecule has 1 unspecified atom stereocenters. The third-order valence-corrected chi connectivity index (χ3v) is 5.76. The number of benzene rings is 1. The van der Waals surface area contributed by atoms with Crippen LogP contribution in [0.15, 0.2) is 29.6 Å². The van der Waals surface area contributed by atoms with Crippen molar-refractivity contribution < 1.29 is 19.1 Å². The van der Waals surface area contributed by atoms with Gasteiger partial charge < -0.3 is 14.4 Å². The van der Waals surface area contributed by atoms with Crippen LogP contribution < -0.4 is 4.74 Å². The number of carbonyl (C=O) groups is 2. The molecule has 0 aliphatic carbocycles. The van der Waals surface area contributed by atoms with Crippen LogP contribution in [0.3, 0.4) is 0 Å².